The van der Waals surface area contributed by atoms with Gasteiger partial charge in [0.25, 0.3) is 5.91 Å². The molecule has 2 aromatic rings. The van der Waals surface area contributed by atoms with Gasteiger partial charge in [0.15, 0.2) is 11.5 Å². The Kier molecular flexibility index (Phi) is 6.53. The number of hydrogen-bond donors (Lipinski definition) is 1. The maximum absolute atomic E-state index is 13.3. The van der Waals surface area contributed by atoms with Crippen LogP contribution in [0.2, 0.25) is 0 Å². The summed E-state index contributed by atoms with van der Waals surface area (Å²) in [6.07, 6.45) is -1.40. The first-order valence-corrected chi connectivity index (χ1v) is 14.0. The molecular formula is C32H34F3N3O3. The lowest BCUT2D eigenvalue weighted by Gasteiger charge is -2.60. The van der Waals surface area contributed by atoms with E-state index >= 15 is 0 Å². The topological polar surface area (TPSA) is 56.3 Å². The highest BCUT2D eigenvalue weighted by Gasteiger charge is 2.66. The van der Waals surface area contributed by atoms with Gasteiger partial charge in [-0.05, 0) is 74.0 Å². The first-order chi connectivity index (χ1) is 19.4. The summed E-state index contributed by atoms with van der Waals surface area (Å²) >= 11 is 0. The van der Waals surface area contributed by atoms with E-state index in [2.05, 4.69) is 28.2 Å². The Bertz CT molecular complexity index is 1460. The molecule has 216 valence electrons. The average Bonchev–Trinajstić information content (AvgIpc) is 3.29. The molecule has 6 rings (SSSR count). The van der Waals surface area contributed by atoms with Crippen LogP contribution in [0.1, 0.15) is 41.5 Å². The molecular weight excluding hydrogens is 531 g/mol. The summed E-state index contributed by atoms with van der Waals surface area (Å²) in [5, 5.41) is 10.8. The molecule has 2 bridgehead atoms. The maximum atomic E-state index is 13.3. The van der Waals surface area contributed by atoms with Gasteiger partial charge in [0, 0.05) is 61.9 Å². The van der Waals surface area contributed by atoms with Crippen molar-refractivity contribution in [1.29, 1.82) is 0 Å². The summed E-state index contributed by atoms with van der Waals surface area (Å²) in [6.45, 7) is 5.92. The summed E-state index contributed by atoms with van der Waals surface area (Å²) in [5.74, 6) is 5.92. The van der Waals surface area contributed by atoms with Crippen LogP contribution in [0.15, 0.2) is 48.7 Å². The molecule has 2 aromatic carbocycles. The van der Waals surface area contributed by atoms with E-state index in [1.54, 1.807) is 18.0 Å². The molecule has 1 amide bonds. The molecule has 1 spiro atoms. The van der Waals surface area contributed by atoms with E-state index in [9.17, 15) is 23.1 Å². The average molecular weight is 566 g/mol. The number of hydrogen-bond acceptors (Lipinski definition) is 5. The second-order valence-corrected chi connectivity index (χ2v) is 12.0. The second-order valence-electron chi connectivity index (χ2n) is 12.0. The molecule has 0 radical (unpaired) electrons. The fraction of sp³-hybridized carbons (Fsp3) is 0.469. The number of alkyl halides is 3. The maximum Gasteiger partial charge on any atom is 0.416 e. The minimum absolute atomic E-state index is 0.128. The van der Waals surface area contributed by atoms with Gasteiger partial charge in [0.1, 0.15) is 6.10 Å². The predicted octanol–water partition coefficient (Wildman–Crippen LogP) is 4.40. The molecule has 2 heterocycles. The predicted molar refractivity (Wildman–Crippen MR) is 148 cm³/mol. The fourth-order valence-electron chi connectivity index (χ4n) is 7.67. The lowest BCUT2D eigenvalue weighted by Crippen LogP contribution is -2.69. The number of phenolic OH excluding ortho intramolecular Hbond substituents is 1. The van der Waals surface area contributed by atoms with E-state index < -0.39 is 17.6 Å². The Balaban J connectivity index is 1.29. The van der Waals surface area contributed by atoms with Crippen molar-refractivity contribution < 1.29 is 27.8 Å². The standard InChI is InChI=1S/C32H34F3N3O3/c1-19(36(2)3)18-38-16-15-31-23-11-12-24(30(31)41-29-26(39)13-8-21(28(29)31)17-25(23)38)37(4)27(40)14-7-20-5-9-22(10-6-20)32(33,34)35/h5-6,8-10,13,23-25,30,39H,1,11-12,15-18H2,2-4H3/t23-,24+,25+,30-,31-/m0/s1. The Morgan fingerprint density at radius 1 is 1.17 bits per heavy atom. The van der Waals surface area contributed by atoms with Gasteiger partial charge in [-0.25, -0.2) is 0 Å². The van der Waals surface area contributed by atoms with Crippen LogP contribution < -0.4 is 4.74 Å². The van der Waals surface area contributed by atoms with E-state index in [0.717, 1.165) is 62.2 Å². The van der Waals surface area contributed by atoms with Gasteiger partial charge in [-0.15, -0.1) is 0 Å². The number of rotatable bonds is 4. The molecule has 41 heavy (non-hydrogen) atoms. The van der Waals surface area contributed by atoms with E-state index in [4.69, 9.17) is 4.74 Å². The molecule has 1 saturated carbocycles. The van der Waals surface area contributed by atoms with Crippen molar-refractivity contribution in [2.75, 3.05) is 34.2 Å². The smallest absolute Gasteiger partial charge is 0.416 e. The Hall–Kier alpha value is -3.64. The summed E-state index contributed by atoms with van der Waals surface area (Å²) in [7, 11) is 5.74. The quantitative estimate of drug-likeness (QED) is 0.557. The van der Waals surface area contributed by atoms with Crippen LogP contribution in [0.25, 0.3) is 0 Å². The Morgan fingerprint density at radius 3 is 2.59 bits per heavy atom. The lowest BCUT2D eigenvalue weighted by molar-refractivity contribution is -0.137. The lowest BCUT2D eigenvalue weighted by atomic mass is 9.51. The number of benzene rings is 2. The number of aromatic hydroxyl groups is 1. The van der Waals surface area contributed by atoms with Crippen molar-refractivity contribution in [2.45, 2.75) is 55.5 Å². The van der Waals surface area contributed by atoms with E-state index in [1.165, 1.54) is 17.7 Å². The molecule has 1 saturated heterocycles. The SMILES string of the molecule is C=C(CN1CC[C@]23c4c5ccc(O)c4O[C@H]2[C@H](N(C)C(=O)C#Cc2ccc(C(F)(F)F)cc2)CC[C@H]3[C@H]1C5)N(C)C. The normalized spacial score (nSPS) is 27.7. The molecule has 1 N–H and O–H groups in total. The third-order valence-corrected chi connectivity index (χ3v) is 9.76. The van der Waals surface area contributed by atoms with Gasteiger partial charge in [-0.2, -0.15) is 13.2 Å². The van der Waals surface area contributed by atoms with Crippen LogP contribution >= 0.6 is 0 Å². The van der Waals surface area contributed by atoms with Crippen LogP contribution in [0.3, 0.4) is 0 Å². The Labute approximate surface area is 238 Å². The summed E-state index contributed by atoms with van der Waals surface area (Å²) in [5.41, 5.74) is 2.62. The number of piperidine rings is 1. The zero-order valence-corrected chi connectivity index (χ0v) is 23.5. The largest absolute Gasteiger partial charge is 0.504 e. The summed E-state index contributed by atoms with van der Waals surface area (Å²) < 4.78 is 45.3. The summed E-state index contributed by atoms with van der Waals surface area (Å²) in [4.78, 5) is 19.5. The van der Waals surface area contributed by atoms with Crippen molar-refractivity contribution in [3.8, 4) is 23.3 Å². The molecule has 9 heteroatoms. The van der Waals surface area contributed by atoms with Crippen LogP contribution in [0.5, 0.6) is 11.5 Å². The van der Waals surface area contributed by atoms with E-state index in [0.29, 0.717) is 23.3 Å². The molecule has 4 aliphatic rings. The van der Waals surface area contributed by atoms with E-state index in [-0.39, 0.29) is 23.3 Å². The third kappa shape index (κ3) is 4.35. The van der Waals surface area contributed by atoms with Gasteiger partial charge >= 0.3 is 6.18 Å². The number of likely N-dealkylation sites (N-methyl/N-ethyl adjacent to an activating group) is 2. The second kappa shape index (κ2) is 9.73. The van der Waals surface area contributed by atoms with E-state index in [1.807, 2.05) is 20.2 Å². The van der Waals surface area contributed by atoms with Crippen molar-refractivity contribution in [3.63, 3.8) is 0 Å². The number of phenols is 1. The van der Waals surface area contributed by atoms with Gasteiger partial charge in [-0.1, -0.05) is 18.6 Å². The molecule has 2 fully saturated rings. The minimum atomic E-state index is -4.43. The van der Waals surface area contributed by atoms with Crippen LogP contribution in [-0.2, 0) is 22.8 Å². The van der Waals surface area contributed by atoms with Gasteiger partial charge < -0.3 is 19.6 Å². The number of halogens is 3. The van der Waals surface area contributed by atoms with Crippen LogP contribution in [-0.4, -0.2) is 78.1 Å². The monoisotopic (exact) mass is 565 g/mol. The van der Waals surface area contributed by atoms with Crippen molar-refractivity contribution >= 4 is 5.91 Å². The zero-order valence-electron chi connectivity index (χ0n) is 23.5. The molecule has 2 aliphatic heterocycles. The first kappa shape index (κ1) is 27.5. The van der Waals surface area contributed by atoms with Crippen molar-refractivity contribution in [2.24, 2.45) is 5.92 Å². The zero-order chi connectivity index (χ0) is 29.3. The number of ether oxygens (including phenoxy) is 1. The number of likely N-dealkylation sites (tertiary alicyclic amines) is 1. The molecule has 0 aromatic heterocycles. The first-order valence-electron chi connectivity index (χ1n) is 14.0. The highest BCUT2D eigenvalue weighted by atomic mass is 19.4. The molecule has 5 atom stereocenters. The van der Waals surface area contributed by atoms with Crippen LogP contribution in [0, 0.1) is 17.8 Å². The molecule has 2 aliphatic carbocycles. The number of carbonyl (C=O) groups is 1. The van der Waals surface area contributed by atoms with Crippen LogP contribution in [0.4, 0.5) is 13.2 Å². The number of carbonyl (C=O) groups excluding carboxylic acids is 1. The minimum Gasteiger partial charge on any atom is -0.504 e. The van der Waals surface area contributed by atoms with Crippen molar-refractivity contribution in [3.05, 3.63) is 70.9 Å². The van der Waals surface area contributed by atoms with Gasteiger partial charge in [-0.3, -0.25) is 9.69 Å². The molecule has 0 unspecified atom stereocenters. The van der Waals surface area contributed by atoms with Crippen molar-refractivity contribution in [1.82, 2.24) is 14.7 Å². The Morgan fingerprint density at radius 2 is 1.90 bits per heavy atom. The highest BCUT2D eigenvalue weighted by Crippen LogP contribution is 2.64. The summed E-state index contributed by atoms with van der Waals surface area (Å²) in [6, 6.07) is 8.24. The third-order valence-electron chi connectivity index (χ3n) is 9.76. The fourth-order valence-corrected chi connectivity index (χ4v) is 7.67. The molecule has 6 nitrogen and oxygen atoms in total. The van der Waals surface area contributed by atoms with Gasteiger partial charge in [0.2, 0.25) is 0 Å². The number of nitrogens with zero attached hydrogens (tertiary/aromatic N) is 3. The number of amides is 1. The highest BCUT2D eigenvalue weighted by molar-refractivity contribution is 5.94. The van der Waals surface area contributed by atoms with Gasteiger partial charge in [0.05, 0.1) is 11.6 Å².